The van der Waals surface area contributed by atoms with Crippen LogP contribution in [-0.4, -0.2) is 25.9 Å². The number of nitro benzene ring substituents is 1. The lowest BCUT2D eigenvalue weighted by molar-refractivity contribution is -0.385. The zero-order valence-corrected chi connectivity index (χ0v) is 13.3. The van der Waals surface area contributed by atoms with E-state index in [9.17, 15) is 18.5 Å². The summed E-state index contributed by atoms with van der Waals surface area (Å²) in [6.45, 7) is 4.00. The van der Waals surface area contributed by atoms with Crippen molar-refractivity contribution < 1.29 is 13.3 Å². The third kappa shape index (κ3) is 5.24. The van der Waals surface area contributed by atoms with Crippen LogP contribution in [0.5, 0.6) is 0 Å². The highest BCUT2D eigenvalue weighted by Crippen LogP contribution is 2.25. The largest absolute Gasteiger partial charge is 0.327 e. The van der Waals surface area contributed by atoms with Crippen molar-refractivity contribution in [3.8, 4) is 0 Å². The Bertz CT molecular complexity index is 619. The number of non-ortho nitro benzene ring substituents is 1. The van der Waals surface area contributed by atoms with Crippen LogP contribution in [0.25, 0.3) is 0 Å². The molecule has 0 fully saturated rings. The average molecular weight is 336 g/mol. The number of nitrogens with zero attached hydrogens (tertiary/aromatic N) is 1. The van der Waals surface area contributed by atoms with Crippen molar-refractivity contribution in [2.45, 2.75) is 31.2 Å². The van der Waals surface area contributed by atoms with Crippen LogP contribution in [0.1, 0.15) is 20.3 Å². The molecule has 0 bridgehead atoms. The molecule has 7 nitrogen and oxygen atoms in total. The Labute approximate surface area is 128 Å². The molecular formula is C12H18ClN3O4S. The minimum atomic E-state index is -3.94. The first kappa shape index (κ1) is 17.8. The lowest BCUT2D eigenvalue weighted by atomic mass is 10.1. The van der Waals surface area contributed by atoms with Gasteiger partial charge in [0.2, 0.25) is 10.0 Å². The molecular weight excluding hydrogens is 318 g/mol. The van der Waals surface area contributed by atoms with Crippen LogP contribution in [-0.2, 0) is 10.0 Å². The van der Waals surface area contributed by atoms with Gasteiger partial charge in [-0.15, -0.1) is 0 Å². The Morgan fingerprint density at radius 2 is 2.05 bits per heavy atom. The number of hydrogen-bond donors (Lipinski definition) is 2. The highest BCUT2D eigenvalue weighted by Gasteiger charge is 2.22. The first-order valence-electron chi connectivity index (χ1n) is 6.32. The molecule has 1 unspecified atom stereocenters. The third-order valence-corrected chi connectivity index (χ3v) is 4.63. The summed E-state index contributed by atoms with van der Waals surface area (Å²) >= 11 is 5.81. The van der Waals surface area contributed by atoms with E-state index in [1.807, 2.05) is 13.8 Å². The fourth-order valence-electron chi connectivity index (χ4n) is 1.79. The Morgan fingerprint density at radius 3 is 2.57 bits per heavy atom. The number of rotatable bonds is 7. The number of sulfonamides is 1. The van der Waals surface area contributed by atoms with Gasteiger partial charge in [-0.3, -0.25) is 10.1 Å². The van der Waals surface area contributed by atoms with Gasteiger partial charge >= 0.3 is 0 Å². The van der Waals surface area contributed by atoms with Gasteiger partial charge in [-0.05, 0) is 18.4 Å². The zero-order chi connectivity index (χ0) is 16.2. The van der Waals surface area contributed by atoms with Gasteiger partial charge in [-0.2, -0.15) is 0 Å². The highest BCUT2D eigenvalue weighted by molar-refractivity contribution is 7.89. The summed E-state index contributed by atoms with van der Waals surface area (Å²) in [5.74, 6) is 0.339. The van der Waals surface area contributed by atoms with E-state index in [1.165, 1.54) is 6.07 Å². The molecule has 0 aliphatic carbocycles. The summed E-state index contributed by atoms with van der Waals surface area (Å²) in [5, 5.41) is 10.6. The van der Waals surface area contributed by atoms with Crippen LogP contribution in [0, 0.1) is 16.0 Å². The molecule has 3 N–H and O–H groups in total. The normalized spacial score (nSPS) is 13.4. The van der Waals surface area contributed by atoms with Gasteiger partial charge in [0.1, 0.15) is 4.90 Å². The summed E-state index contributed by atoms with van der Waals surface area (Å²) in [7, 11) is -3.94. The third-order valence-electron chi connectivity index (χ3n) is 2.72. The first-order chi connectivity index (χ1) is 9.63. The molecule has 0 aliphatic rings. The molecule has 21 heavy (non-hydrogen) atoms. The van der Waals surface area contributed by atoms with Crippen molar-refractivity contribution in [3.63, 3.8) is 0 Å². The molecule has 1 rings (SSSR count). The van der Waals surface area contributed by atoms with Gasteiger partial charge in [0.05, 0.1) is 9.95 Å². The van der Waals surface area contributed by atoms with Crippen molar-refractivity contribution in [2.24, 2.45) is 11.7 Å². The van der Waals surface area contributed by atoms with Gasteiger partial charge in [0.25, 0.3) is 5.69 Å². The summed E-state index contributed by atoms with van der Waals surface area (Å²) in [5.41, 5.74) is 5.47. The van der Waals surface area contributed by atoms with Gasteiger partial charge in [-0.1, -0.05) is 25.4 Å². The van der Waals surface area contributed by atoms with E-state index in [2.05, 4.69) is 4.72 Å². The van der Waals surface area contributed by atoms with E-state index in [0.29, 0.717) is 12.3 Å². The molecule has 0 saturated heterocycles. The van der Waals surface area contributed by atoms with Crippen molar-refractivity contribution in [1.82, 2.24) is 4.72 Å². The standard InChI is InChI=1S/C12H18ClN3O4S/c1-8(2)5-9(14)7-15-21(19,20)12-6-10(16(17)18)3-4-11(12)13/h3-4,6,8-9,15H,5,7,14H2,1-2H3. The van der Waals surface area contributed by atoms with E-state index in [0.717, 1.165) is 12.1 Å². The average Bonchev–Trinajstić information content (AvgIpc) is 2.35. The molecule has 0 aromatic heterocycles. The molecule has 1 aromatic carbocycles. The summed E-state index contributed by atoms with van der Waals surface area (Å²) in [6, 6.07) is 2.92. The SMILES string of the molecule is CC(C)CC(N)CNS(=O)(=O)c1cc([N+](=O)[O-])ccc1Cl. The van der Waals surface area contributed by atoms with Crippen LogP contribution in [0.3, 0.4) is 0 Å². The second kappa shape index (κ2) is 7.17. The van der Waals surface area contributed by atoms with E-state index >= 15 is 0 Å². The molecule has 118 valence electrons. The minimum Gasteiger partial charge on any atom is -0.327 e. The zero-order valence-electron chi connectivity index (χ0n) is 11.7. The Kier molecular flexibility index (Phi) is 6.09. The second-order valence-corrected chi connectivity index (χ2v) is 7.26. The lowest BCUT2D eigenvalue weighted by Crippen LogP contribution is -2.38. The summed E-state index contributed by atoms with van der Waals surface area (Å²) in [6.07, 6.45) is 0.658. The molecule has 0 amide bonds. The van der Waals surface area contributed by atoms with Crippen LogP contribution >= 0.6 is 11.6 Å². The summed E-state index contributed by atoms with van der Waals surface area (Å²) < 4.78 is 26.6. The number of nitro groups is 1. The predicted molar refractivity (Wildman–Crippen MR) is 80.7 cm³/mol. The minimum absolute atomic E-state index is 0.0412. The predicted octanol–water partition coefficient (Wildman–Crippen LogP) is 1.90. The van der Waals surface area contributed by atoms with Gasteiger partial charge in [0.15, 0.2) is 0 Å². The quantitative estimate of drug-likeness (QED) is 0.583. The smallest absolute Gasteiger partial charge is 0.270 e. The van der Waals surface area contributed by atoms with E-state index < -0.39 is 14.9 Å². The van der Waals surface area contributed by atoms with E-state index in [-0.39, 0.29) is 28.2 Å². The van der Waals surface area contributed by atoms with Crippen molar-refractivity contribution in [3.05, 3.63) is 33.3 Å². The van der Waals surface area contributed by atoms with Crippen LogP contribution < -0.4 is 10.5 Å². The monoisotopic (exact) mass is 335 g/mol. The summed E-state index contributed by atoms with van der Waals surface area (Å²) in [4.78, 5) is 9.70. The second-order valence-electron chi connectivity index (χ2n) is 5.11. The Morgan fingerprint density at radius 1 is 1.43 bits per heavy atom. The van der Waals surface area contributed by atoms with Crippen LogP contribution in [0.2, 0.25) is 5.02 Å². The molecule has 0 aliphatic heterocycles. The number of halogens is 1. The Hall–Kier alpha value is -1.22. The Balaban J connectivity index is 2.92. The van der Waals surface area contributed by atoms with E-state index in [1.54, 1.807) is 0 Å². The molecule has 1 aromatic rings. The maximum Gasteiger partial charge on any atom is 0.270 e. The van der Waals surface area contributed by atoms with Gasteiger partial charge in [0, 0.05) is 24.7 Å². The van der Waals surface area contributed by atoms with Crippen molar-refractivity contribution >= 4 is 27.3 Å². The van der Waals surface area contributed by atoms with Gasteiger partial charge < -0.3 is 5.73 Å². The molecule has 1 atom stereocenters. The van der Waals surface area contributed by atoms with Crippen LogP contribution in [0.4, 0.5) is 5.69 Å². The molecule has 0 heterocycles. The molecule has 9 heteroatoms. The highest BCUT2D eigenvalue weighted by atomic mass is 35.5. The van der Waals surface area contributed by atoms with Crippen molar-refractivity contribution in [2.75, 3.05) is 6.54 Å². The van der Waals surface area contributed by atoms with Gasteiger partial charge in [-0.25, -0.2) is 13.1 Å². The number of nitrogens with one attached hydrogen (secondary N) is 1. The molecule has 0 saturated carbocycles. The molecule has 0 spiro atoms. The topological polar surface area (TPSA) is 115 Å². The number of nitrogens with two attached hydrogens (primary N) is 1. The molecule has 0 radical (unpaired) electrons. The fraction of sp³-hybridized carbons (Fsp3) is 0.500. The lowest BCUT2D eigenvalue weighted by Gasteiger charge is -2.15. The number of hydrogen-bond acceptors (Lipinski definition) is 5. The maximum absolute atomic E-state index is 12.1. The fourth-order valence-corrected chi connectivity index (χ4v) is 3.41. The number of benzene rings is 1. The first-order valence-corrected chi connectivity index (χ1v) is 8.18. The van der Waals surface area contributed by atoms with Crippen LogP contribution in [0.15, 0.2) is 23.1 Å². The maximum atomic E-state index is 12.1. The van der Waals surface area contributed by atoms with Crippen molar-refractivity contribution in [1.29, 1.82) is 0 Å². The van der Waals surface area contributed by atoms with E-state index in [4.69, 9.17) is 17.3 Å².